The van der Waals surface area contributed by atoms with Crippen LogP contribution in [0.4, 0.5) is 4.79 Å². The fourth-order valence-electron chi connectivity index (χ4n) is 1.62. The summed E-state index contributed by atoms with van der Waals surface area (Å²) >= 11 is 4.95. The maximum Gasteiger partial charge on any atom is 0.315 e. The quantitative estimate of drug-likeness (QED) is 0.597. The van der Waals surface area contributed by atoms with Gasteiger partial charge in [0.15, 0.2) is 0 Å². The van der Waals surface area contributed by atoms with Crippen molar-refractivity contribution in [1.82, 2.24) is 20.6 Å². The van der Waals surface area contributed by atoms with Crippen molar-refractivity contribution >= 4 is 40.5 Å². The van der Waals surface area contributed by atoms with Crippen molar-refractivity contribution in [2.45, 2.75) is 30.6 Å². The number of aromatic nitrogens is 2. The van der Waals surface area contributed by atoms with Crippen LogP contribution in [0.2, 0.25) is 0 Å². The Hall–Kier alpha value is -1.12. The molecule has 0 aromatic carbocycles. The molecule has 2 aromatic rings. The Morgan fingerprint density at radius 1 is 1.48 bits per heavy atom. The molecule has 2 amide bonds. The van der Waals surface area contributed by atoms with Crippen molar-refractivity contribution in [3.63, 3.8) is 0 Å². The fraction of sp³-hybridized carbons (Fsp3) is 0.462. The van der Waals surface area contributed by atoms with E-state index >= 15 is 0 Å². The maximum absolute atomic E-state index is 11.8. The number of rotatable bonds is 7. The van der Waals surface area contributed by atoms with E-state index in [2.05, 4.69) is 20.6 Å². The van der Waals surface area contributed by atoms with Crippen LogP contribution in [0.25, 0.3) is 0 Å². The SMILES string of the molecule is Cc1nc(C(C)NC(=O)NCCCSc2nccs2)cs1. The molecule has 0 fully saturated rings. The summed E-state index contributed by atoms with van der Waals surface area (Å²) < 4.78 is 1.08. The van der Waals surface area contributed by atoms with Crippen molar-refractivity contribution in [1.29, 1.82) is 0 Å². The zero-order valence-electron chi connectivity index (χ0n) is 12.0. The molecule has 21 heavy (non-hydrogen) atoms. The lowest BCUT2D eigenvalue weighted by Gasteiger charge is -2.12. The third-order valence-electron chi connectivity index (χ3n) is 2.67. The molecule has 2 heterocycles. The number of urea groups is 1. The summed E-state index contributed by atoms with van der Waals surface area (Å²) in [4.78, 5) is 20.3. The molecule has 5 nitrogen and oxygen atoms in total. The molecule has 0 saturated heterocycles. The van der Waals surface area contributed by atoms with Crippen LogP contribution in [0, 0.1) is 6.92 Å². The minimum absolute atomic E-state index is 0.0698. The Labute approximate surface area is 136 Å². The van der Waals surface area contributed by atoms with Crippen LogP contribution in [0.5, 0.6) is 0 Å². The second kappa shape index (κ2) is 8.35. The molecule has 0 saturated carbocycles. The van der Waals surface area contributed by atoms with Crippen LogP contribution in [0.1, 0.15) is 30.1 Å². The molecule has 0 radical (unpaired) electrons. The molecule has 0 bridgehead atoms. The highest BCUT2D eigenvalue weighted by Crippen LogP contribution is 2.20. The third-order valence-corrected chi connectivity index (χ3v) is 5.51. The monoisotopic (exact) mass is 342 g/mol. The fourth-order valence-corrected chi connectivity index (χ4v) is 3.97. The first-order valence-electron chi connectivity index (χ1n) is 6.64. The molecule has 0 spiro atoms. The predicted molar refractivity (Wildman–Crippen MR) is 89.3 cm³/mol. The molecule has 2 N–H and O–H groups in total. The van der Waals surface area contributed by atoms with Gasteiger partial charge in [-0.2, -0.15) is 0 Å². The zero-order valence-corrected chi connectivity index (χ0v) is 14.4. The number of aryl methyl sites for hydroxylation is 1. The molecule has 0 aliphatic rings. The first kappa shape index (κ1) is 16.3. The smallest absolute Gasteiger partial charge is 0.315 e. The van der Waals surface area contributed by atoms with Gasteiger partial charge in [0.25, 0.3) is 0 Å². The topological polar surface area (TPSA) is 66.9 Å². The lowest BCUT2D eigenvalue weighted by molar-refractivity contribution is 0.238. The van der Waals surface area contributed by atoms with Crippen LogP contribution in [-0.2, 0) is 0 Å². The average molecular weight is 343 g/mol. The summed E-state index contributed by atoms with van der Waals surface area (Å²) in [7, 11) is 0. The van der Waals surface area contributed by atoms with Crippen molar-refractivity contribution in [2.75, 3.05) is 12.3 Å². The zero-order chi connectivity index (χ0) is 15.1. The first-order valence-corrected chi connectivity index (χ1v) is 9.38. The summed E-state index contributed by atoms with van der Waals surface area (Å²) in [6.45, 7) is 4.56. The Bertz CT molecular complexity index is 556. The highest BCUT2D eigenvalue weighted by atomic mass is 32.2. The van der Waals surface area contributed by atoms with E-state index < -0.39 is 0 Å². The number of carbonyl (C=O) groups is 1. The van der Waals surface area contributed by atoms with Gasteiger partial charge in [-0.3, -0.25) is 0 Å². The lowest BCUT2D eigenvalue weighted by atomic mass is 10.3. The van der Waals surface area contributed by atoms with Crippen LogP contribution in [0.3, 0.4) is 0 Å². The minimum Gasteiger partial charge on any atom is -0.338 e. The van der Waals surface area contributed by atoms with Gasteiger partial charge in [0.1, 0.15) is 4.34 Å². The largest absolute Gasteiger partial charge is 0.338 e. The third kappa shape index (κ3) is 5.64. The molecule has 114 valence electrons. The van der Waals surface area contributed by atoms with Crippen molar-refractivity contribution in [2.24, 2.45) is 0 Å². The Balaban J connectivity index is 1.59. The number of hydrogen-bond donors (Lipinski definition) is 2. The van der Waals surface area contributed by atoms with Gasteiger partial charge in [0.05, 0.1) is 16.7 Å². The van der Waals surface area contributed by atoms with Gasteiger partial charge in [-0.25, -0.2) is 14.8 Å². The molecule has 8 heteroatoms. The second-order valence-electron chi connectivity index (χ2n) is 4.41. The number of thiazole rings is 2. The molecule has 2 aromatic heterocycles. The van der Waals surface area contributed by atoms with E-state index in [0.29, 0.717) is 6.54 Å². The Kier molecular flexibility index (Phi) is 6.47. The van der Waals surface area contributed by atoms with Gasteiger partial charge in [0.2, 0.25) is 0 Å². The van der Waals surface area contributed by atoms with Crippen LogP contribution in [-0.4, -0.2) is 28.3 Å². The average Bonchev–Trinajstić information content (AvgIpc) is 3.09. The standard InChI is InChI=1S/C13H18N4OS3/c1-9(11-8-21-10(2)17-11)16-12(18)14-4-3-6-19-13-15-5-7-20-13/h5,7-9H,3-4,6H2,1-2H3,(H2,14,16,18). The van der Waals surface area contributed by atoms with Gasteiger partial charge >= 0.3 is 6.03 Å². The first-order chi connectivity index (χ1) is 10.1. The summed E-state index contributed by atoms with van der Waals surface area (Å²) in [5.41, 5.74) is 0.909. The predicted octanol–water partition coefficient (Wildman–Crippen LogP) is 3.45. The van der Waals surface area contributed by atoms with E-state index in [1.54, 1.807) is 40.6 Å². The number of amides is 2. The van der Waals surface area contributed by atoms with E-state index in [-0.39, 0.29) is 12.1 Å². The van der Waals surface area contributed by atoms with Crippen molar-refractivity contribution < 1.29 is 4.79 Å². The molecule has 0 aliphatic heterocycles. The summed E-state index contributed by atoms with van der Waals surface area (Å²) in [5.74, 6) is 0.953. The maximum atomic E-state index is 11.8. The number of nitrogens with one attached hydrogen (secondary N) is 2. The highest BCUT2D eigenvalue weighted by Gasteiger charge is 2.11. The van der Waals surface area contributed by atoms with E-state index in [1.807, 2.05) is 24.6 Å². The molecule has 0 aliphatic carbocycles. The van der Waals surface area contributed by atoms with Crippen LogP contribution in [0.15, 0.2) is 21.3 Å². The number of hydrogen-bond acceptors (Lipinski definition) is 6. The number of carbonyl (C=O) groups excluding carboxylic acids is 1. The van der Waals surface area contributed by atoms with Crippen molar-refractivity contribution in [3.05, 3.63) is 27.7 Å². The molecule has 1 unspecified atom stereocenters. The van der Waals surface area contributed by atoms with Gasteiger partial charge in [-0.05, 0) is 20.3 Å². The van der Waals surface area contributed by atoms with E-state index in [9.17, 15) is 4.79 Å². The Morgan fingerprint density at radius 2 is 2.33 bits per heavy atom. The minimum atomic E-state index is -0.146. The van der Waals surface area contributed by atoms with Gasteiger partial charge < -0.3 is 10.6 Å². The summed E-state index contributed by atoms with van der Waals surface area (Å²) in [6.07, 6.45) is 2.72. The van der Waals surface area contributed by atoms with E-state index in [0.717, 1.165) is 27.2 Å². The highest BCUT2D eigenvalue weighted by molar-refractivity contribution is 8.00. The Morgan fingerprint density at radius 3 is 3.00 bits per heavy atom. The van der Waals surface area contributed by atoms with E-state index in [1.165, 1.54) is 0 Å². The van der Waals surface area contributed by atoms with Crippen LogP contribution < -0.4 is 10.6 Å². The number of thioether (sulfide) groups is 1. The van der Waals surface area contributed by atoms with Gasteiger partial charge in [-0.15, -0.1) is 22.7 Å². The lowest BCUT2D eigenvalue weighted by Crippen LogP contribution is -2.37. The molecular weight excluding hydrogens is 324 g/mol. The van der Waals surface area contributed by atoms with Gasteiger partial charge in [-0.1, -0.05) is 11.8 Å². The normalized spacial score (nSPS) is 12.1. The number of nitrogens with zero attached hydrogens (tertiary/aromatic N) is 2. The van der Waals surface area contributed by atoms with Crippen molar-refractivity contribution in [3.8, 4) is 0 Å². The summed E-state index contributed by atoms with van der Waals surface area (Å²) in [6, 6.07) is -0.216. The van der Waals surface area contributed by atoms with Crippen LogP contribution >= 0.6 is 34.4 Å². The second-order valence-corrected chi connectivity index (χ2v) is 7.71. The summed E-state index contributed by atoms with van der Waals surface area (Å²) in [5, 5.41) is 10.7. The van der Waals surface area contributed by atoms with E-state index in [4.69, 9.17) is 0 Å². The molecule has 2 rings (SSSR count). The van der Waals surface area contributed by atoms with Gasteiger partial charge in [0, 0.05) is 29.3 Å². The molecule has 1 atom stereocenters. The molecular formula is C13H18N4OS3.